The van der Waals surface area contributed by atoms with E-state index in [0.717, 1.165) is 67.0 Å². The van der Waals surface area contributed by atoms with Crippen molar-refractivity contribution >= 4 is 16.9 Å². The first-order valence-electron chi connectivity index (χ1n) is 13.6. The normalized spacial score (nSPS) is 20.1. The predicted octanol–water partition coefficient (Wildman–Crippen LogP) is 3.99. The van der Waals surface area contributed by atoms with Gasteiger partial charge in [-0.05, 0) is 60.6 Å². The van der Waals surface area contributed by atoms with Gasteiger partial charge in [-0.2, -0.15) is 5.10 Å². The monoisotopic (exact) mass is 509 g/mol. The van der Waals surface area contributed by atoms with Crippen molar-refractivity contribution in [2.45, 2.75) is 31.7 Å². The molecular weight excluding hydrogens is 478 g/mol. The summed E-state index contributed by atoms with van der Waals surface area (Å²) in [5.74, 6) is 0.471. The number of rotatable bonds is 3. The lowest BCUT2D eigenvalue weighted by Crippen LogP contribution is -2.43. The number of hydrogen-bond acceptors (Lipinski definition) is 6. The number of fused-ring (bicyclic) bond motifs is 3. The second-order valence-electron chi connectivity index (χ2n) is 10.4. The molecule has 4 aromatic rings. The molecule has 1 amide bonds. The highest BCUT2D eigenvalue weighted by molar-refractivity contribution is 5.99. The molecule has 3 aliphatic rings. The Hall–Kier alpha value is -3.75. The Morgan fingerprint density at radius 3 is 2.63 bits per heavy atom. The smallest absolute Gasteiger partial charge is 0.255 e. The zero-order valence-corrected chi connectivity index (χ0v) is 21.3. The van der Waals surface area contributed by atoms with Crippen LogP contribution < -0.4 is 10.1 Å². The fourth-order valence-electron chi connectivity index (χ4n) is 6.06. The van der Waals surface area contributed by atoms with Crippen LogP contribution in [0.5, 0.6) is 5.75 Å². The van der Waals surface area contributed by atoms with Crippen molar-refractivity contribution in [3.8, 4) is 28.1 Å². The van der Waals surface area contributed by atoms with Gasteiger partial charge >= 0.3 is 0 Å². The zero-order chi connectivity index (χ0) is 25.5. The molecule has 0 bridgehead atoms. The number of pyridine rings is 1. The molecule has 1 atom stereocenters. The molecule has 2 aromatic carbocycles. The Balaban J connectivity index is 1.18. The number of aromatic amines is 1. The topological polar surface area (TPSA) is 92.4 Å². The average Bonchev–Trinajstić information content (AvgIpc) is 3.14. The number of ether oxygens (including phenoxy) is 2. The number of H-pyrrole nitrogens is 1. The van der Waals surface area contributed by atoms with Crippen molar-refractivity contribution < 1.29 is 14.3 Å². The van der Waals surface area contributed by atoms with E-state index in [4.69, 9.17) is 14.5 Å². The fraction of sp³-hybridized carbons (Fsp3) is 0.367. The second-order valence-corrected chi connectivity index (χ2v) is 10.4. The fourth-order valence-corrected chi connectivity index (χ4v) is 6.06. The first-order valence-corrected chi connectivity index (χ1v) is 13.6. The van der Waals surface area contributed by atoms with E-state index in [9.17, 15) is 4.79 Å². The van der Waals surface area contributed by atoms with E-state index < -0.39 is 0 Å². The van der Waals surface area contributed by atoms with Gasteiger partial charge in [0.05, 0.1) is 25.3 Å². The highest BCUT2D eigenvalue weighted by atomic mass is 16.5. The molecule has 8 heteroatoms. The standard InChI is InChI=1S/C30H31N5O3/c36-30-25-8-5-22(17-27(25)38-12-9-31-30)28-26-16-23(18-32-29(26)34-33-28)21-2-1-19-3-6-24(7-4-20(19)15-21)35-10-13-37-14-11-35/h1-2,5,8,15-18,24H,3-4,6-7,9-14H2,(H,31,36)(H,32,33,34). The van der Waals surface area contributed by atoms with Crippen LogP contribution in [0.15, 0.2) is 48.7 Å². The van der Waals surface area contributed by atoms with Gasteiger partial charge in [0.25, 0.3) is 5.91 Å². The first-order chi connectivity index (χ1) is 18.7. The van der Waals surface area contributed by atoms with Crippen LogP contribution in [0.3, 0.4) is 0 Å². The minimum Gasteiger partial charge on any atom is -0.491 e. The predicted molar refractivity (Wildman–Crippen MR) is 145 cm³/mol. The first kappa shape index (κ1) is 23.4. The summed E-state index contributed by atoms with van der Waals surface area (Å²) in [6.07, 6.45) is 6.55. The maximum Gasteiger partial charge on any atom is 0.255 e. The Morgan fingerprint density at radius 1 is 0.895 bits per heavy atom. The molecule has 0 radical (unpaired) electrons. The Morgan fingerprint density at radius 2 is 1.74 bits per heavy atom. The number of carbonyl (C=O) groups excluding carboxylic acids is 1. The third-order valence-corrected chi connectivity index (χ3v) is 8.16. The Bertz CT molecular complexity index is 1510. The van der Waals surface area contributed by atoms with Gasteiger partial charge in [-0.15, -0.1) is 0 Å². The summed E-state index contributed by atoms with van der Waals surface area (Å²) in [7, 11) is 0. The molecule has 2 N–H and O–H groups in total. The van der Waals surface area contributed by atoms with Crippen molar-refractivity contribution in [3.05, 3.63) is 65.4 Å². The van der Waals surface area contributed by atoms with Crippen molar-refractivity contribution in [1.29, 1.82) is 0 Å². The van der Waals surface area contributed by atoms with E-state index in [1.54, 1.807) is 6.07 Å². The number of nitrogens with zero attached hydrogens (tertiary/aromatic N) is 3. The van der Waals surface area contributed by atoms with Crippen molar-refractivity contribution in [1.82, 2.24) is 25.4 Å². The number of amides is 1. The number of nitrogens with one attached hydrogen (secondary N) is 2. The number of morpholine rings is 1. The lowest BCUT2D eigenvalue weighted by molar-refractivity contribution is 0.0136. The molecule has 1 aliphatic carbocycles. The number of aryl methyl sites for hydroxylation is 2. The highest BCUT2D eigenvalue weighted by Gasteiger charge is 2.24. The molecule has 8 nitrogen and oxygen atoms in total. The SMILES string of the molecule is O=C1NCCOc2cc(-c3n[nH]c4ncc(-c5ccc6c(c5)CCC(N5CCOCC5)CC6)cc34)ccc21. The Kier molecular flexibility index (Phi) is 6.06. The molecule has 2 aromatic heterocycles. The maximum absolute atomic E-state index is 12.3. The molecule has 1 unspecified atom stereocenters. The Labute approximate surface area is 221 Å². The molecule has 38 heavy (non-hydrogen) atoms. The van der Waals surface area contributed by atoms with Crippen molar-refractivity contribution in [2.24, 2.45) is 0 Å². The van der Waals surface area contributed by atoms with E-state index in [1.807, 2.05) is 18.3 Å². The third-order valence-electron chi connectivity index (χ3n) is 8.16. The van der Waals surface area contributed by atoms with Crippen LogP contribution in [0.25, 0.3) is 33.4 Å². The van der Waals surface area contributed by atoms with Crippen LogP contribution in [-0.4, -0.2) is 71.5 Å². The minimum absolute atomic E-state index is 0.112. The summed E-state index contributed by atoms with van der Waals surface area (Å²) in [5, 5.41) is 11.4. The van der Waals surface area contributed by atoms with Gasteiger partial charge in [0.2, 0.25) is 0 Å². The molecule has 1 saturated heterocycles. The van der Waals surface area contributed by atoms with E-state index in [1.165, 1.54) is 29.5 Å². The summed E-state index contributed by atoms with van der Waals surface area (Å²) in [6, 6.07) is 15.3. The van der Waals surface area contributed by atoms with Crippen LogP contribution in [0.2, 0.25) is 0 Å². The summed E-state index contributed by atoms with van der Waals surface area (Å²) in [4.78, 5) is 19.6. The lowest BCUT2D eigenvalue weighted by Gasteiger charge is -2.33. The molecule has 2 aliphatic heterocycles. The van der Waals surface area contributed by atoms with Crippen LogP contribution in [-0.2, 0) is 17.6 Å². The average molecular weight is 510 g/mol. The third kappa shape index (κ3) is 4.33. The van der Waals surface area contributed by atoms with Gasteiger partial charge in [-0.1, -0.05) is 24.3 Å². The number of benzene rings is 2. The van der Waals surface area contributed by atoms with E-state index in [2.05, 4.69) is 44.7 Å². The molecular formula is C30H31N5O3. The maximum atomic E-state index is 12.3. The quantitative estimate of drug-likeness (QED) is 0.406. The van der Waals surface area contributed by atoms with Gasteiger partial charge < -0.3 is 14.8 Å². The minimum atomic E-state index is -0.112. The van der Waals surface area contributed by atoms with Crippen molar-refractivity contribution in [3.63, 3.8) is 0 Å². The molecule has 7 rings (SSSR count). The van der Waals surface area contributed by atoms with Crippen LogP contribution >= 0.6 is 0 Å². The summed E-state index contributed by atoms with van der Waals surface area (Å²) < 4.78 is 11.4. The number of aromatic nitrogens is 3. The number of carbonyl (C=O) groups is 1. The summed E-state index contributed by atoms with van der Waals surface area (Å²) in [5.41, 5.74) is 8.14. The summed E-state index contributed by atoms with van der Waals surface area (Å²) >= 11 is 0. The van der Waals surface area contributed by atoms with Crippen molar-refractivity contribution in [2.75, 3.05) is 39.5 Å². The lowest BCUT2D eigenvalue weighted by atomic mass is 9.96. The van der Waals surface area contributed by atoms with E-state index in [-0.39, 0.29) is 5.91 Å². The van der Waals surface area contributed by atoms with Gasteiger partial charge in [0.1, 0.15) is 18.1 Å². The van der Waals surface area contributed by atoms with E-state index in [0.29, 0.717) is 30.5 Å². The molecule has 0 spiro atoms. The molecule has 1 fully saturated rings. The van der Waals surface area contributed by atoms with Crippen LogP contribution in [0, 0.1) is 0 Å². The molecule has 194 valence electrons. The summed E-state index contributed by atoms with van der Waals surface area (Å²) in [6.45, 7) is 4.75. The zero-order valence-electron chi connectivity index (χ0n) is 21.3. The number of hydrogen-bond donors (Lipinski definition) is 2. The van der Waals surface area contributed by atoms with Gasteiger partial charge in [0, 0.05) is 41.8 Å². The van der Waals surface area contributed by atoms with Crippen LogP contribution in [0.4, 0.5) is 0 Å². The second kappa shape index (κ2) is 9.85. The highest BCUT2D eigenvalue weighted by Crippen LogP contribution is 2.34. The van der Waals surface area contributed by atoms with Gasteiger partial charge in [-0.25, -0.2) is 4.98 Å². The van der Waals surface area contributed by atoms with Crippen LogP contribution in [0.1, 0.15) is 34.3 Å². The molecule has 0 saturated carbocycles. The van der Waals surface area contributed by atoms with Gasteiger partial charge in [0.15, 0.2) is 5.65 Å². The van der Waals surface area contributed by atoms with E-state index >= 15 is 0 Å². The molecule has 4 heterocycles. The largest absolute Gasteiger partial charge is 0.491 e. The van der Waals surface area contributed by atoms with Gasteiger partial charge in [-0.3, -0.25) is 14.8 Å².